The minimum Gasteiger partial charge on any atom is -0.497 e. The molecule has 102 valence electrons. The molecule has 0 unspecified atom stereocenters. The van der Waals surface area contributed by atoms with E-state index in [1.165, 1.54) is 0 Å². The Hall–Kier alpha value is -2.07. The predicted octanol–water partition coefficient (Wildman–Crippen LogP) is 4.08. The molecular weight excluding hydrogens is 270 g/mol. The highest BCUT2D eigenvalue weighted by molar-refractivity contribution is 7.72. The fourth-order valence-corrected chi connectivity index (χ4v) is 2.83. The van der Waals surface area contributed by atoms with Crippen LogP contribution in [0, 0.1) is 4.51 Å². The van der Waals surface area contributed by atoms with Crippen molar-refractivity contribution in [2.24, 2.45) is 7.05 Å². The second kappa shape index (κ2) is 4.80. The number of hydrogen-bond donors (Lipinski definition) is 0. The molecular formula is C16H15NO2S. The Balaban J connectivity index is 2.51. The van der Waals surface area contributed by atoms with Crippen LogP contribution in [0.2, 0.25) is 0 Å². The third-order valence-electron chi connectivity index (χ3n) is 3.62. The number of aromatic nitrogens is 1. The fraction of sp³-hybridized carbons (Fsp3) is 0.188. The fourth-order valence-electron chi connectivity index (χ4n) is 2.51. The molecule has 20 heavy (non-hydrogen) atoms. The SMILES string of the molecule is COc1ccc2c(c1)c(=S)c1cc(OC)ccc1n2C. The molecule has 0 radical (unpaired) electrons. The molecule has 1 aromatic heterocycles. The van der Waals surface area contributed by atoms with Gasteiger partial charge in [0, 0.05) is 28.9 Å². The first-order chi connectivity index (χ1) is 9.65. The van der Waals surface area contributed by atoms with Gasteiger partial charge in [-0.3, -0.25) is 0 Å². The Morgan fingerprint density at radius 2 is 1.30 bits per heavy atom. The normalized spacial score (nSPS) is 10.9. The number of hydrogen-bond acceptors (Lipinski definition) is 3. The molecule has 0 aliphatic heterocycles. The van der Waals surface area contributed by atoms with Crippen LogP contribution in [0.15, 0.2) is 36.4 Å². The number of nitrogens with zero attached hydrogens (tertiary/aromatic N) is 1. The van der Waals surface area contributed by atoms with E-state index in [0.717, 1.165) is 37.8 Å². The first-order valence-corrected chi connectivity index (χ1v) is 6.71. The summed E-state index contributed by atoms with van der Waals surface area (Å²) >= 11 is 5.65. The van der Waals surface area contributed by atoms with Gasteiger partial charge in [-0.25, -0.2) is 0 Å². The van der Waals surface area contributed by atoms with E-state index in [1.807, 2.05) is 43.4 Å². The Kier molecular flexibility index (Phi) is 3.10. The molecule has 1 heterocycles. The maximum absolute atomic E-state index is 5.65. The highest BCUT2D eigenvalue weighted by Gasteiger charge is 2.08. The van der Waals surface area contributed by atoms with Crippen molar-refractivity contribution in [2.75, 3.05) is 14.2 Å². The lowest BCUT2D eigenvalue weighted by atomic mass is 10.1. The van der Waals surface area contributed by atoms with Crippen molar-refractivity contribution in [3.63, 3.8) is 0 Å². The van der Waals surface area contributed by atoms with Crippen molar-refractivity contribution in [3.05, 3.63) is 40.9 Å². The number of ether oxygens (including phenoxy) is 2. The maximum atomic E-state index is 5.65. The van der Waals surface area contributed by atoms with Crippen LogP contribution >= 0.6 is 12.2 Å². The second-order valence-electron chi connectivity index (χ2n) is 4.65. The number of aryl methyl sites for hydroxylation is 1. The molecule has 2 aromatic carbocycles. The van der Waals surface area contributed by atoms with Gasteiger partial charge >= 0.3 is 0 Å². The van der Waals surface area contributed by atoms with Gasteiger partial charge in [0.25, 0.3) is 0 Å². The lowest BCUT2D eigenvalue weighted by Gasteiger charge is -2.13. The van der Waals surface area contributed by atoms with E-state index in [1.54, 1.807) is 14.2 Å². The van der Waals surface area contributed by atoms with Crippen LogP contribution in [-0.2, 0) is 7.05 Å². The van der Waals surface area contributed by atoms with Crippen molar-refractivity contribution in [1.82, 2.24) is 4.57 Å². The molecule has 0 saturated carbocycles. The first-order valence-electron chi connectivity index (χ1n) is 6.30. The zero-order chi connectivity index (χ0) is 14.3. The van der Waals surface area contributed by atoms with E-state index in [4.69, 9.17) is 21.7 Å². The minimum atomic E-state index is 0.811. The molecule has 0 bridgehead atoms. The maximum Gasteiger partial charge on any atom is 0.119 e. The van der Waals surface area contributed by atoms with Gasteiger partial charge in [0.05, 0.1) is 18.7 Å². The molecule has 0 N–H and O–H groups in total. The van der Waals surface area contributed by atoms with Crippen LogP contribution in [0.5, 0.6) is 11.5 Å². The minimum absolute atomic E-state index is 0.811. The third kappa shape index (κ3) is 1.84. The van der Waals surface area contributed by atoms with Crippen molar-refractivity contribution in [1.29, 1.82) is 0 Å². The molecule has 0 fully saturated rings. The number of rotatable bonds is 2. The highest BCUT2D eigenvalue weighted by atomic mass is 32.1. The summed E-state index contributed by atoms with van der Waals surface area (Å²) in [6.07, 6.45) is 0. The Labute approximate surface area is 122 Å². The third-order valence-corrected chi connectivity index (χ3v) is 4.06. The summed E-state index contributed by atoms with van der Waals surface area (Å²) in [6, 6.07) is 11.9. The molecule has 0 aliphatic carbocycles. The van der Waals surface area contributed by atoms with Gasteiger partial charge in [-0.1, -0.05) is 12.2 Å². The van der Waals surface area contributed by atoms with Crippen LogP contribution in [0.4, 0.5) is 0 Å². The average molecular weight is 285 g/mol. The Bertz CT molecular complexity index is 800. The molecule has 4 heteroatoms. The molecule has 0 spiro atoms. The predicted molar refractivity (Wildman–Crippen MR) is 84.4 cm³/mol. The zero-order valence-electron chi connectivity index (χ0n) is 11.6. The van der Waals surface area contributed by atoms with Gasteiger partial charge in [0.2, 0.25) is 0 Å². The molecule has 0 atom stereocenters. The largest absolute Gasteiger partial charge is 0.497 e. The Morgan fingerprint density at radius 1 is 0.850 bits per heavy atom. The number of pyridine rings is 1. The van der Waals surface area contributed by atoms with E-state index >= 15 is 0 Å². The summed E-state index contributed by atoms with van der Waals surface area (Å²) in [5.41, 5.74) is 2.18. The average Bonchev–Trinajstić information content (AvgIpc) is 2.51. The summed E-state index contributed by atoms with van der Waals surface area (Å²) < 4.78 is 13.6. The second-order valence-corrected chi connectivity index (χ2v) is 5.06. The summed E-state index contributed by atoms with van der Waals surface area (Å²) in [7, 11) is 5.36. The van der Waals surface area contributed by atoms with Gasteiger partial charge in [-0.15, -0.1) is 0 Å². The summed E-state index contributed by atoms with van der Waals surface area (Å²) in [5.74, 6) is 1.62. The summed E-state index contributed by atoms with van der Waals surface area (Å²) in [4.78, 5) is 0. The number of methoxy groups -OCH3 is 2. The topological polar surface area (TPSA) is 23.4 Å². The van der Waals surface area contributed by atoms with Crippen molar-refractivity contribution in [2.45, 2.75) is 0 Å². The van der Waals surface area contributed by atoms with Crippen LogP contribution < -0.4 is 9.47 Å². The number of benzene rings is 2. The molecule has 0 aliphatic rings. The van der Waals surface area contributed by atoms with Crippen molar-refractivity contribution < 1.29 is 9.47 Å². The Morgan fingerprint density at radius 3 is 1.70 bits per heavy atom. The van der Waals surface area contributed by atoms with Crippen LogP contribution in [0.3, 0.4) is 0 Å². The van der Waals surface area contributed by atoms with Crippen LogP contribution in [0.25, 0.3) is 21.8 Å². The van der Waals surface area contributed by atoms with E-state index in [9.17, 15) is 0 Å². The lowest BCUT2D eigenvalue weighted by molar-refractivity contribution is 0.415. The van der Waals surface area contributed by atoms with Gasteiger partial charge in [-0.2, -0.15) is 0 Å². The van der Waals surface area contributed by atoms with E-state index in [2.05, 4.69) is 4.57 Å². The van der Waals surface area contributed by atoms with Gasteiger partial charge < -0.3 is 14.0 Å². The summed E-state index contributed by atoms with van der Waals surface area (Å²) in [6.45, 7) is 0. The molecule has 3 nitrogen and oxygen atoms in total. The van der Waals surface area contributed by atoms with Gasteiger partial charge in [-0.05, 0) is 36.4 Å². The summed E-state index contributed by atoms with van der Waals surface area (Å²) in [5, 5.41) is 2.03. The zero-order valence-corrected chi connectivity index (χ0v) is 12.5. The van der Waals surface area contributed by atoms with Crippen LogP contribution in [0.1, 0.15) is 0 Å². The molecule has 3 aromatic rings. The van der Waals surface area contributed by atoms with Crippen molar-refractivity contribution in [3.8, 4) is 11.5 Å². The number of fused-ring (bicyclic) bond motifs is 2. The quantitative estimate of drug-likeness (QED) is 0.523. The van der Waals surface area contributed by atoms with E-state index in [0.29, 0.717) is 0 Å². The monoisotopic (exact) mass is 285 g/mol. The van der Waals surface area contributed by atoms with Gasteiger partial charge in [0.15, 0.2) is 0 Å². The standard InChI is InChI=1S/C16H15NO2S/c1-17-14-6-4-10(18-2)8-12(14)16(20)13-9-11(19-3)5-7-15(13)17/h4-9H,1-3H3. The van der Waals surface area contributed by atoms with Crippen molar-refractivity contribution >= 4 is 34.0 Å². The smallest absolute Gasteiger partial charge is 0.119 e. The van der Waals surface area contributed by atoms with Crippen LogP contribution in [-0.4, -0.2) is 18.8 Å². The van der Waals surface area contributed by atoms with Gasteiger partial charge in [0.1, 0.15) is 11.5 Å². The van der Waals surface area contributed by atoms with E-state index < -0.39 is 0 Å². The molecule has 3 rings (SSSR count). The molecule has 0 saturated heterocycles. The first kappa shape index (κ1) is 12.9. The molecule has 0 amide bonds. The lowest BCUT2D eigenvalue weighted by Crippen LogP contribution is -1.97. The van der Waals surface area contributed by atoms with E-state index in [-0.39, 0.29) is 0 Å². The highest BCUT2D eigenvalue weighted by Crippen LogP contribution is 2.29.